The number of halogens is 1. The molecule has 7 heteroatoms. The molecule has 0 spiro atoms. The fourth-order valence-electron chi connectivity index (χ4n) is 2.17. The van der Waals surface area contributed by atoms with E-state index in [0.717, 1.165) is 6.07 Å². The summed E-state index contributed by atoms with van der Waals surface area (Å²) in [5.74, 6) is -1.32. The molecule has 1 aromatic heterocycles. The third-order valence-corrected chi connectivity index (χ3v) is 3.43. The first kappa shape index (κ1) is 17.9. The molecule has 134 valence electrons. The molecule has 0 saturated carbocycles. The zero-order valence-electron chi connectivity index (χ0n) is 14.0. The minimum atomic E-state index is -0.673. The van der Waals surface area contributed by atoms with Crippen LogP contribution in [-0.4, -0.2) is 23.1 Å². The van der Waals surface area contributed by atoms with Gasteiger partial charge >= 0.3 is 5.97 Å². The van der Waals surface area contributed by atoms with E-state index < -0.39 is 17.7 Å². The van der Waals surface area contributed by atoms with Crippen molar-refractivity contribution in [2.24, 2.45) is 5.10 Å². The fraction of sp³-hybridized carbons (Fsp3) is 0. The second-order valence-corrected chi connectivity index (χ2v) is 5.41. The molecule has 1 heterocycles. The summed E-state index contributed by atoms with van der Waals surface area (Å²) in [6.45, 7) is 0. The molecule has 3 aromatic rings. The Morgan fingerprint density at radius 3 is 2.63 bits per heavy atom. The minimum Gasteiger partial charge on any atom is -0.423 e. The molecular weight excluding hydrogens is 349 g/mol. The average Bonchev–Trinajstić information content (AvgIpc) is 2.69. The fourth-order valence-corrected chi connectivity index (χ4v) is 2.17. The van der Waals surface area contributed by atoms with Crippen LogP contribution in [0.25, 0.3) is 0 Å². The van der Waals surface area contributed by atoms with Gasteiger partial charge in [-0.25, -0.2) is 14.6 Å². The Bertz CT molecular complexity index is 991. The van der Waals surface area contributed by atoms with Gasteiger partial charge in [0.2, 0.25) is 0 Å². The van der Waals surface area contributed by atoms with Gasteiger partial charge in [0, 0.05) is 12.4 Å². The van der Waals surface area contributed by atoms with Crippen LogP contribution in [0, 0.1) is 5.82 Å². The van der Waals surface area contributed by atoms with Crippen molar-refractivity contribution in [2.75, 3.05) is 0 Å². The molecule has 6 nitrogen and oxygen atoms in total. The molecule has 0 radical (unpaired) electrons. The first-order chi connectivity index (χ1) is 13.1. The molecule has 1 N–H and O–H groups in total. The number of hydrazone groups is 1. The lowest BCUT2D eigenvalue weighted by Gasteiger charge is -2.05. The summed E-state index contributed by atoms with van der Waals surface area (Å²) in [6.07, 6.45) is 4.40. The third kappa shape index (κ3) is 5.05. The molecule has 2 aromatic carbocycles. The quantitative estimate of drug-likeness (QED) is 0.327. The highest BCUT2D eigenvalue weighted by Crippen LogP contribution is 2.15. The standard InChI is InChI=1S/C20H14FN3O3/c21-17-7-2-5-15(11-17)20(26)27-18-8-1-4-14(10-18)12-23-24-19(25)16-6-3-9-22-13-16/h1-13H,(H,24,25)/b23-12-. The van der Waals surface area contributed by atoms with E-state index in [2.05, 4.69) is 15.5 Å². The van der Waals surface area contributed by atoms with Gasteiger partial charge in [-0.1, -0.05) is 18.2 Å². The normalized spacial score (nSPS) is 10.6. The Morgan fingerprint density at radius 1 is 1.04 bits per heavy atom. The number of aromatic nitrogens is 1. The van der Waals surface area contributed by atoms with Crippen LogP contribution in [0.3, 0.4) is 0 Å². The molecule has 0 saturated heterocycles. The minimum absolute atomic E-state index is 0.109. The van der Waals surface area contributed by atoms with Crippen LogP contribution in [0.5, 0.6) is 5.75 Å². The van der Waals surface area contributed by atoms with Gasteiger partial charge in [0.15, 0.2) is 0 Å². The van der Waals surface area contributed by atoms with Crippen LogP contribution in [-0.2, 0) is 0 Å². The van der Waals surface area contributed by atoms with Crippen LogP contribution in [0.2, 0.25) is 0 Å². The molecular formula is C20H14FN3O3. The molecule has 0 aliphatic carbocycles. The highest BCUT2D eigenvalue weighted by atomic mass is 19.1. The molecule has 0 aliphatic heterocycles. The van der Waals surface area contributed by atoms with Crippen molar-refractivity contribution in [1.82, 2.24) is 10.4 Å². The summed E-state index contributed by atoms with van der Waals surface area (Å²) in [5.41, 5.74) is 3.47. The van der Waals surface area contributed by atoms with Crippen molar-refractivity contribution in [2.45, 2.75) is 0 Å². The van der Waals surface area contributed by atoms with Crippen molar-refractivity contribution in [3.63, 3.8) is 0 Å². The van der Waals surface area contributed by atoms with Crippen LogP contribution in [0.4, 0.5) is 4.39 Å². The predicted molar refractivity (Wildman–Crippen MR) is 97.1 cm³/mol. The molecule has 0 atom stereocenters. The summed E-state index contributed by atoms with van der Waals surface area (Å²) >= 11 is 0. The van der Waals surface area contributed by atoms with Crippen molar-refractivity contribution in [3.05, 3.63) is 95.6 Å². The van der Waals surface area contributed by atoms with E-state index in [1.165, 1.54) is 30.6 Å². The lowest BCUT2D eigenvalue weighted by Crippen LogP contribution is -2.17. The van der Waals surface area contributed by atoms with Crippen LogP contribution in [0.15, 0.2) is 78.2 Å². The van der Waals surface area contributed by atoms with Crippen LogP contribution < -0.4 is 10.2 Å². The molecule has 0 aliphatic rings. The van der Waals surface area contributed by atoms with Crippen LogP contribution >= 0.6 is 0 Å². The van der Waals surface area contributed by atoms with Gasteiger partial charge in [-0.05, 0) is 48.0 Å². The van der Waals surface area contributed by atoms with Crippen molar-refractivity contribution >= 4 is 18.1 Å². The number of carbonyl (C=O) groups excluding carboxylic acids is 2. The Morgan fingerprint density at radius 2 is 1.85 bits per heavy atom. The average molecular weight is 363 g/mol. The SMILES string of the molecule is O=C(N/N=C\c1cccc(OC(=O)c2cccc(F)c2)c1)c1cccnc1. The number of esters is 1. The van der Waals surface area contributed by atoms with Gasteiger partial charge in [-0.15, -0.1) is 0 Å². The Kier molecular flexibility index (Phi) is 5.64. The predicted octanol–water partition coefficient (Wildman–Crippen LogP) is 3.20. The number of amides is 1. The van der Waals surface area contributed by atoms with E-state index >= 15 is 0 Å². The largest absolute Gasteiger partial charge is 0.423 e. The molecule has 0 bridgehead atoms. The number of benzene rings is 2. The van der Waals surface area contributed by atoms with Crippen molar-refractivity contribution < 1.29 is 18.7 Å². The summed E-state index contributed by atoms with van der Waals surface area (Å²) in [7, 11) is 0. The Hall–Kier alpha value is -3.87. The molecule has 0 fully saturated rings. The van der Waals surface area contributed by atoms with Gasteiger partial charge < -0.3 is 4.74 Å². The summed E-state index contributed by atoms with van der Waals surface area (Å²) in [4.78, 5) is 27.8. The first-order valence-corrected chi connectivity index (χ1v) is 7.93. The number of rotatable bonds is 5. The molecule has 3 rings (SSSR count). The maximum Gasteiger partial charge on any atom is 0.343 e. The topological polar surface area (TPSA) is 80.6 Å². The van der Waals surface area contributed by atoms with E-state index in [9.17, 15) is 14.0 Å². The summed E-state index contributed by atoms with van der Waals surface area (Å²) < 4.78 is 18.4. The van der Waals surface area contributed by atoms with E-state index in [0.29, 0.717) is 11.1 Å². The van der Waals surface area contributed by atoms with Gasteiger partial charge in [0.25, 0.3) is 5.91 Å². The summed E-state index contributed by atoms with van der Waals surface area (Å²) in [5, 5.41) is 3.87. The summed E-state index contributed by atoms with van der Waals surface area (Å²) in [6, 6.07) is 15.0. The molecule has 0 unspecified atom stereocenters. The zero-order valence-corrected chi connectivity index (χ0v) is 14.0. The highest BCUT2D eigenvalue weighted by Gasteiger charge is 2.09. The number of nitrogens with zero attached hydrogens (tertiary/aromatic N) is 2. The van der Waals surface area contributed by atoms with Crippen LogP contribution in [0.1, 0.15) is 26.3 Å². The van der Waals surface area contributed by atoms with Gasteiger partial charge in [0.05, 0.1) is 17.3 Å². The first-order valence-electron chi connectivity index (χ1n) is 7.93. The van der Waals surface area contributed by atoms with E-state index in [1.54, 1.807) is 42.6 Å². The molecule has 1 amide bonds. The number of ether oxygens (including phenoxy) is 1. The maximum absolute atomic E-state index is 13.2. The van der Waals surface area contributed by atoms with E-state index in [-0.39, 0.29) is 11.3 Å². The number of nitrogens with one attached hydrogen (secondary N) is 1. The van der Waals surface area contributed by atoms with E-state index in [4.69, 9.17) is 4.74 Å². The zero-order chi connectivity index (χ0) is 19.1. The number of carbonyl (C=O) groups is 2. The second-order valence-electron chi connectivity index (χ2n) is 5.41. The van der Waals surface area contributed by atoms with Gasteiger partial charge in [-0.3, -0.25) is 9.78 Å². The van der Waals surface area contributed by atoms with Gasteiger partial charge in [-0.2, -0.15) is 5.10 Å². The Balaban J connectivity index is 1.63. The second kappa shape index (κ2) is 8.48. The van der Waals surface area contributed by atoms with E-state index in [1.807, 2.05) is 0 Å². The lowest BCUT2D eigenvalue weighted by atomic mass is 10.2. The number of pyridine rings is 1. The maximum atomic E-state index is 13.2. The smallest absolute Gasteiger partial charge is 0.343 e. The number of hydrogen-bond acceptors (Lipinski definition) is 5. The van der Waals surface area contributed by atoms with Crippen molar-refractivity contribution in [3.8, 4) is 5.75 Å². The lowest BCUT2D eigenvalue weighted by molar-refractivity contribution is 0.0734. The molecule has 27 heavy (non-hydrogen) atoms. The van der Waals surface area contributed by atoms with Gasteiger partial charge in [0.1, 0.15) is 11.6 Å². The highest BCUT2D eigenvalue weighted by molar-refractivity contribution is 5.94. The Labute approximate surface area is 154 Å². The monoisotopic (exact) mass is 363 g/mol. The number of hydrogen-bond donors (Lipinski definition) is 1. The third-order valence-electron chi connectivity index (χ3n) is 3.43. The van der Waals surface area contributed by atoms with Crippen molar-refractivity contribution in [1.29, 1.82) is 0 Å².